The van der Waals surface area contributed by atoms with E-state index in [4.69, 9.17) is 5.73 Å². The number of rotatable bonds is 5. The van der Waals surface area contributed by atoms with Gasteiger partial charge < -0.3 is 11.1 Å². The van der Waals surface area contributed by atoms with Crippen LogP contribution < -0.4 is 11.1 Å². The second-order valence-corrected chi connectivity index (χ2v) is 6.23. The van der Waals surface area contributed by atoms with Crippen molar-refractivity contribution in [2.24, 2.45) is 11.7 Å². The Hall–Kier alpha value is -0.610. The molecule has 4 heteroatoms. The van der Waals surface area contributed by atoms with Gasteiger partial charge in [0.2, 0.25) is 5.91 Å². The molecule has 110 valence electrons. The van der Waals surface area contributed by atoms with Crippen LogP contribution in [0.4, 0.5) is 0 Å². The quantitative estimate of drug-likeness (QED) is 0.793. The molecule has 1 aliphatic carbocycles. The molecule has 0 aromatic rings. The number of likely N-dealkylation sites (N-methyl/N-ethyl adjacent to an activating group) is 1. The van der Waals surface area contributed by atoms with Gasteiger partial charge in [-0.1, -0.05) is 13.3 Å². The SMILES string of the molecule is CCN1CCCC1CNC(=O)CC1CCCC(N)C1. The van der Waals surface area contributed by atoms with Crippen molar-refractivity contribution in [3.05, 3.63) is 0 Å². The van der Waals surface area contributed by atoms with Crippen molar-refractivity contribution in [3.63, 3.8) is 0 Å². The molecule has 19 heavy (non-hydrogen) atoms. The van der Waals surface area contributed by atoms with E-state index in [1.807, 2.05) is 0 Å². The highest BCUT2D eigenvalue weighted by atomic mass is 16.1. The van der Waals surface area contributed by atoms with Gasteiger partial charge in [-0.05, 0) is 51.1 Å². The predicted octanol–water partition coefficient (Wildman–Crippen LogP) is 1.49. The molecule has 1 amide bonds. The average Bonchev–Trinajstić information content (AvgIpc) is 2.83. The molecule has 0 radical (unpaired) electrons. The Morgan fingerprint density at radius 3 is 2.89 bits per heavy atom. The van der Waals surface area contributed by atoms with Crippen molar-refractivity contribution in [2.45, 2.75) is 64.0 Å². The first kappa shape index (κ1) is 14.8. The smallest absolute Gasteiger partial charge is 0.220 e. The Morgan fingerprint density at radius 1 is 1.32 bits per heavy atom. The zero-order valence-electron chi connectivity index (χ0n) is 12.2. The van der Waals surface area contributed by atoms with Crippen molar-refractivity contribution in [1.82, 2.24) is 10.2 Å². The van der Waals surface area contributed by atoms with E-state index < -0.39 is 0 Å². The zero-order chi connectivity index (χ0) is 13.7. The lowest BCUT2D eigenvalue weighted by Gasteiger charge is -2.27. The fraction of sp³-hybridized carbons (Fsp3) is 0.933. The lowest BCUT2D eigenvalue weighted by atomic mass is 9.84. The topological polar surface area (TPSA) is 58.4 Å². The summed E-state index contributed by atoms with van der Waals surface area (Å²) >= 11 is 0. The lowest BCUT2D eigenvalue weighted by Crippen LogP contribution is -2.40. The van der Waals surface area contributed by atoms with Crippen LogP contribution in [0.25, 0.3) is 0 Å². The van der Waals surface area contributed by atoms with Crippen LogP contribution in [-0.2, 0) is 4.79 Å². The Kier molecular flexibility index (Phi) is 5.64. The molecule has 0 aromatic heterocycles. The highest BCUT2D eigenvalue weighted by Gasteiger charge is 2.25. The Labute approximate surface area is 117 Å². The summed E-state index contributed by atoms with van der Waals surface area (Å²) in [5.74, 6) is 0.733. The van der Waals surface area contributed by atoms with Crippen LogP contribution in [0.1, 0.15) is 51.9 Å². The van der Waals surface area contributed by atoms with E-state index in [1.54, 1.807) is 0 Å². The summed E-state index contributed by atoms with van der Waals surface area (Å²) in [5.41, 5.74) is 5.97. The molecule has 1 heterocycles. The molecule has 2 aliphatic rings. The molecule has 1 aliphatic heterocycles. The average molecular weight is 267 g/mol. The zero-order valence-corrected chi connectivity index (χ0v) is 12.2. The number of nitrogens with two attached hydrogens (primary N) is 1. The van der Waals surface area contributed by atoms with Crippen LogP contribution in [0.5, 0.6) is 0 Å². The van der Waals surface area contributed by atoms with E-state index in [-0.39, 0.29) is 5.91 Å². The van der Waals surface area contributed by atoms with Gasteiger partial charge in [0.05, 0.1) is 0 Å². The van der Waals surface area contributed by atoms with Crippen molar-refractivity contribution < 1.29 is 4.79 Å². The van der Waals surface area contributed by atoms with Crippen molar-refractivity contribution in [2.75, 3.05) is 19.6 Å². The lowest BCUT2D eigenvalue weighted by molar-refractivity contribution is -0.122. The van der Waals surface area contributed by atoms with Crippen LogP contribution in [0, 0.1) is 5.92 Å². The number of nitrogens with one attached hydrogen (secondary N) is 1. The minimum absolute atomic E-state index is 0.224. The molecule has 4 nitrogen and oxygen atoms in total. The first-order valence-corrected chi connectivity index (χ1v) is 7.95. The van der Waals surface area contributed by atoms with Crippen LogP contribution >= 0.6 is 0 Å². The number of hydrogen-bond donors (Lipinski definition) is 2. The fourth-order valence-electron chi connectivity index (χ4n) is 3.63. The van der Waals surface area contributed by atoms with Gasteiger partial charge in [-0.15, -0.1) is 0 Å². The largest absolute Gasteiger partial charge is 0.355 e. The predicted molar refractivity (Wildman–Crippen MR) is 77.8 cm³/mol. The Bertz CT molecular complexity index is 295. The van der Waals surface area contributed by atoms with Gasteiger partial charge in [0.1, 0.15) is 0 Å². The standard InChI is InChI=1S/C15H29N3O/c1-2-18-8-4-7-14(18)11-17-15(19)10-12-5-3-6-13(16)9-12/h12-14H,2-11,16H2,1H3,(H,17,19). The summed E-state index contributed by atoms with van der Waals surface area (Å²) in [5, 5.41) is 3.13. The van der Waals surface area contributed by atoms with Gasteiger partial charge in [-0.3, -0.25) is 9.69 Å². The molecule has 3 unspecified atom stereocenters. The van der Waals surface area contributed by atoms with E-state index in [1.165, 1.54) is 32.2 Å². The Balaban J connectivity index is 1.66. The first-order chi connectivity index (χ1) is 9.19. The molecule has 2 fully saturated rings. The van der Waals surface area contributed by atoms with Crippen molar-refractivity contribution >= 4 is 5.91 Å². The number of carbonyl (C=O) groups is 1. The molecule has 0 bridgehead atoms. The molecule has 2 rings (SSSR count). The molecule has 1 saturated heterocycles. The summed E-state index contributed by atoms with van der Waals surface area (Å²) in [7, 11) is 0. The number of amides is 1. The summed E-state index contributed by atoms with van der Waals surface area (Å²) < 4.78 is 0. The number of likely N-dealkylation sites (tertiary alicyclic amines) is 1. The first-order valence-electron chi connectivity index (χ1n) is 7.95. The van der Waals surface area contributed by atoms with E-state index in [2.05, 4.69) is 17.1 Å². The van der Waals surface area contributed by atoms with E-state index >= 15 is 0 Å². The molecular formula is C15H29N3O. The third-order valence-corrected chi connectivity index (χ3v) is 4.74. The van der Waals surface area contributed by atoms with Crippen molar-refractivity contribution in [1.29, 1.82) is 0 Å². The van der Waals surface area contributed by atoms with E-state index in [9.17, 15) is 4.79 Å². The minimum atomic E-state index is 0.224. The monoisotopic (exact) mass is 267 g/mol. The summed E-state index contributed by atoms with van der Waals surface area (Å²) in [6, 6.07) is 0.875. The maximum Gasteiger partial charge on any atom is 0.220 e. The van der Waals surface area contributed by atoms with E-state index in [0.717, 1.165) is 25.9 Å². The van der Waals surface area contributed by atoms with Crippen LogP contribution in [0.3, 0.4) is 0 Å². The molecule has 1 saturated carbocycles. The summed E-state index contributed by atoms with van der Waals surface area (Å²) in [4.78, 5) is 14.5. The normalized spacial score (nSPS) is 32.4. The van der Waals surface area contributed by atoms with Crippen molar-refractivity contribution in [3.8, 4) is 0 Å². The molecule has 0 aromatic carbocycles. The van der Waals surface area contributed by atoms with Crippen LogP contribution in [-0.4, -0.2) is 42.5 Å². The molecular weight excluding hydrogens is 238 g/mol. The summed E-state index contributed by atoms with van der Waals surface area (Å²) in [6.07, 6.45) is 7.68. The number of carbonyl (C=O) groups excluding carboxylic acids is 1. The van der Waals surface area contributed by atoms with Gasteiger partial charge in [-0.2, -0.15) is 0 Å². The summed E-state index contributed by atoms with van der Waals surface area (Å²) in [6.45, 7) is 5.31. The third kappa shape index (κ3) is 4.46. The number of nitrogens with zero attached hydrogens (tertiary/aromatic N) is 1. The molecule has 0 spiro atoms. The van der Waals surface area contributed by atoms with Gasteiger partial charge in [0.25, 0.3) is 0 Å². The fourth-order valence-corrected chi connectivity index (χ4v) is 3.63. The van der Waals surface area contributed by atoms with Gasteiger partial charge in [0, 0.05) is 25.0 Å². The molecule has 3 atom stereocenters. The van der Waals surface area contributed by atoms with Gasteiger partial charge in [0.15, 0.2) is 0 Å². The van der Waals surface area contributed by atoms with E-state index in [0.29, 0.717) is 24.4 Å². The number of hydrogen-bond acceptors (Lipinski definition) is 3. The maximum absolute atomic E-state index is 12.0. The highest BCUT2D eigenvalue weighted by molar-refractivity contribution is 5.76. The highest BCUT2D eigenvalue weighted by Crippen LogP contribution is 2.25. The van der Waals surface area contributed by atoms with Gasteiger partial charge in [-0.25, -0.2) is 0 Å². The second kappa shape index (κ2) is 7.25. The van der Waals surface area contributed by atoms with Crippen LogP contribution in [0.15, 0.2) is 0 Å². The third-order valence-electron chi connectivity index (χ3n) is 4.74. The Morgan fingerprint density at radius 2 is 2.16 bits per heavy atom. The van der Waals surface area contributed by atoms with Crippen LogP contribution in [0.2, 0.25) is 0 Å². The maximum atomic E-state index is 12.0. The van der Waals surface area contributed by atoms with Gasteiger partial charge >= 0.3 is 0 Å². The minimum Gasteiger partial charge on any atom is -0.355 e. The second-order valence-electron chi connectivity index (χ2n) is 6.23. The molecule has 3 N–H and O–H groups in total.